The molecule has 1 unspecified atom stereocenters. The Morgan fingerprint density at radius 1 is 1.07 bits per heavy atom. The molecule has 3 aromatic heterocycles. The molecular weight excluding hydrogens is 553 g/mol. The van der Waals surface area contributed by atoms with Gasteiger partial charge in [0.2, 0.25) is 5.91 Å². The van der Waals surface area contributed by atoms with E-state index in [1.807, 2.05) is 39.8 Å². The van der Waals surface area contributed by atoms with Gasteiger partial charge in [0.25, 0.3) is 0 Å². The second-order valence-electron chi connectivity index (χ2n) is 11.1. The van der Waals surface area contributed by atoms with Crippen molar-refractivity contribution in [2.24, 2.45) is 0 Å². The molecule has 5 rings (SSSR count). The van der Waals surface area contributed by atoms with Gasteiger partial charge in [0.05, 0.1) is 45.9 Å². The summed E-state index contributed by atoms with van der Waals surface area (Å²) in [6.45, 7) is 9.66. The second-order valence-corrected chi connectivity index (χ2v) is 12.6. The summed E-state index contributed by atoms with van der Waals surface area (Å²) in [6, 6.07) is 13.8. The van der Waals surface area contributed by atoms with Crippen LogP contribution >= 0.6 is 0 Å². The van der Waals surface area contributed by atoms with Crippen LogP contribution in [-0.4, -0.2) is 29.9 Å². The van der Waals surface area contributed by atoms with Crippen LogP contribution in [0.1, 0.15) is 43.2 Å². The smallest absolute Gasteiger partial charge is 0.228 e. The van der Waals surface area contributed by atoms with Crippen molar-refractivity contribution in [3.05, 3.63) is 102 Å². The summed E-state index contributed by atoms with van der Waals surface area (Å²) < 4.78 is 36.4. The highest BCUT2D eigenvalue weighted by Crippen LogP contribution is 2.34. The van der Waals surface area contributed by atoms with Crippen LogP contribution in [0.2, 0.25) is 0 Å². The average Bonchev–Trinajstić information content (AvgIpc) is 3.41. The van der Waals surface area contributed by atoms with Crippen LogP contribution in [0.25, 0.3) is 10.9 Å². The van der Waals surface area contributed by atoms with Gasteiger partial charge in [0.15, 0.2) is 11.6 Å². The van der Waals surface area contributed by atoms with Gasteiger partial charge in [-0.05, 0) is 87.7 Å². The molecule has 0 saturated carbocycles. The van der Waals surface area contributed by atoms with Crippen molar-refractivity contribution in [1.82, 2.24) is 19.7 Å². The Labute approximate surface area is 246 Å². The van der Waals surface area contributed by atoms with Crippen molar-refractivity contribution in [2.75, 3.05) is 5.32 Å². The van der Waals surface area contributed by atoms with Gasteiger partial charge in [0, 0.05) is 34.6 Å². The summed E-state index contributed by atoms with van der Waals surface area (Å²) in [5, 5.41) is 7.72. The molecule has 0 saturated heterocycles. The summed E-state index contributed by atoms with van der Waals surface area (Å²) in [6.07, 6.45) is 6.63. The SMILES string of the molecule is Cc1cc(CC(=O)Nc2cnn(C(C)(C)C)c2)cc(F)c1Oc1ccnc2ccc(S(=O)Cc3cccnc3C)cc12. The van der Waals surface area contributed by atoms with Crippen LogP contribution in [0.15, 0.2) is 78.2 Å². The molecular formula is C32H32FN5O3S. The van der Waals surface area contributed by atoms with E-state index in [9.17, 15) is 9.00 Å². The number of carbonyl (C=O) groups is 1. The third-order valence-electron chi connectivity index (χ3n) is 6.76. The second kappa shape index (κ2) is 11.8. The molecule has 1 N–H and O–H groups in total. The molecule has 5 aromatic rings. The number of anilines is 1. The maximum absolute atomic E-state index is 15.4. The molecule has 10 heteroatoms. The van der Waals surface area contributed by atoms with Crippen molar-refractivity contribution in [1.29, 1.82) is 0 Å². The third kappa shape index (κ3) is 6.54. The zero-order valence-corrected chi connectivity index (χ0v) is 25.0. The van der Waals surface area contributed by atoms with E-state index in [2.05, 4.69) is 20.4 Å². The number of hydrogen-bond donors (Lipinski definition) is 1. The van der Waals surface area contributed by atoms with E-state index >= 15 is 4.39 Å². The lowest BCUT2D eigenvalue weighted by Gasteiger charge is -2.18. The number of hydrogen-bond acceptors (Lipinski definition) is 6. The van der Waals surface area contributed by atoms with Crippen molar-refractivity contribution in [3.63, 3.8) is 0 Å². The molecule has 0 bridgehead atoms. The van der Waals surface area contributed by atoms with E-state index in [1.54, 1.807) is 66.7 Å². The number of nitrogens with one attached hydrogen (secondary N) is 1. The average molecular weight is 586 g/mol. The molecule has 1 atom stereocenters. The predicted molar refractivity (Wildman–Crippen MR) is 162 cm³/mol. The van der Waals surface area contributed by atoms with Gasteiger partial charge in [-0.1, -0.05) is 12.1 Å². The van der Waals surface area contributed by atoms with Crippen LogP contribution in [-0.2, 0) is 33.3 Å². The Balaban J connectivity index is 1.34. The number of fused-ring (bicyclic) bond motifs is 1. The molecule has 8 nitrogen and oxygen atoms in total. The highest BCUT2D eigenvalue weighted by molar-refractivity contribution is 7.84. The van der Waals surface area contributed by atoms with Crippen molar-refractivity contribution < 1.29 is 18.1 Å². The van der Waals surface area contributed by atoms with Crippen LogP contribution in [0, 0.1) is 19.7 Å². The number of rotatable bonds is 8. The minimum atomic E-state index is -1.33. The molecule has 42 heavy (non-hydrogen) atoms. The fourth-order valence-electron chi connectivity index (χ4n) is 4.51. The number of aryl methyl sites for hydroxylation is 2. The van der Waals surface area contributed by atoms with Gasteiger partial charge in [-0.3, -0.25) is 23.7 Å². The highest BCUT2D eigenvalue weighted by atomic mass is 32.2. The fourth-order valence-corrected chi connectivity index (χ4v) is 5.74. The first-order valence-electron chi connectivity index (χ1n) is 13.5. The van der Waals surface area contributed by atoms with Gasteiger partial charge >= 0.3 is 0 Å². The maximum atomic E-state index is 15.4. The molecule has 2 aromatic carbocycles. The summed E-state index contributed by atoms with van der Waals surface area (Å²) in [4.78, 5) is 21.9. The predicted octanol–water partition coefficient (Wildman–Crippen LogP) is 6.62. The topological polar surface area (TPSA) is 99.0 Å². The summed E-state index contributed by atoms with van der Waals surface area (Å²) in [5.41, 5.74) is 3.79. The van der Waals surface area contributed by atoms with Crippen molar-refractivity contribution in [3.8, 4) is 11.5 Å². The van der Waals surface area contributed by atoms with Crippen LogP contribution in [0.4, 0.5) is 10.1 Å². The zero-order valence-electron chi connectivity index (χ0n) is 24.1. The summed E-state index contributed by atoms with van der Waals surface area (Å²) >= 11 is 0. The fraction of sp³-hybridized carbons (Fsp3) is 0.250. The van der Waals surface area contributed by atoms with E-state index in [4.69, 9.17) is 4.74 Å². The summed E-state index contributed by atoms with van der Waals surface area (Å²) in [5.74, 6) is -0.105. The van der Waals surface area contributed by atoms with Crippen LogP contribution in [0.3, 0.4) is 0 Å². The molecule has 0 spiro atoms. The third-order valence-corrected chi connectivity index (χ3v) is 8.11. The summed E-state index contributed by atoms with van der Waals surface area (Å²) in [7, 11) is -1.33. The Bertz CT molecular complexity index is 1790. The lowest BCUT2D eigenvalue weighted by Crippen LogP contribution is -2.22. The Morgan fingerprint density at radius 3 is 2.60 bits per heavy atom. The number of carbonyl (C=O) groups excluding carboxylic acids is 1. The Hall–Kier alpha value is -4.44. The van der Waals surface area contributed by atoms with E-state index in [1.165, 1.54) is 6.07 Å². The highest BCUT2D eigenvalue weighted by Gasteiger charge is 2.18. The number of aromatic nitrogens is 4. The quantitative estimate of drug-likeness (QED) is 0.220. The number of nitrogens with zero attached hydrogens (tertiary/aromatic N) is 4. The van der Waals surface area contributed by atoms with Crippen LogP contribution < -0.4 is 10.1 Å². The Kier molecular flexibility index (Phi) is 8.17. The van der Waals surface area contributed by atoms with Gasteiger partial charge in [-0.2, -0.15) is 5.10 Å². The number of pyridine rings is 2. The van der Waals surface area contributed by atoms with Gasteiger partial charge < -0.3 is 10.1 Å². The first-order valence-corrected chi connectivity index (χ1v) is 14.8. The monoisotopic (exact) mass is 585 g/mol. The van der Waals surface area contributed by atoms with E-state index in [0.717, 1.165) is 11.3 Å². The van der Waals surface area contributed by atoms with Crippen molar-refractivity contribution in [2.45, 2.75) is 57.2 Å². The molecule has 1 amide bonds. The largest absolute Gasteiger partial charge is 0.453 e. The number of amides is 1. The van der Waals surface area contributed by atoms with E-state index in [-0.39, 0.29) is 23.6 Å². The minimum Gasteiger partial charge on any atom is -0.453 e. The molecule has 216 valence electrons. The van der Waals surface area contributed by atoms with Crippen LogP contribution in [0.5, 0.6) is 11.5 Å². The van der Waals surface area contributed by atoms with Gasteiger partial charge in [-0.25, -0.2) is 4.39 Å². The number of ether oxygens (including phenoxy) is 1. The van der Waals surface area contributed by atoms with E-state index in [0.29, 0.717) is 44.1 Å². The normalized spacial score (nSPS) is 12.3. The van der Waals surface area contributed by atoms with E-state index < -0.39 is 16.6 Å². The van der Waals surface area contributed by atoms with Gasteiger partial charge in [0.1, 0.15) is 5.75 Å². The molecule has 0 aliphatic carbocycles. The maximum Gasteiger partial charge on any atom is 0.228 e. The number of halogens is 1. The Morgan fingerprint density at radius 2 is 1.88 bits per heavy atom. The molecule has 0 radical (unpaired) electrons. The molecule has 3 heterocycles. The molecule has 0 aliphatic heterocycles. The first kappa shape index (κ1) is 29.1. The lowest BCUT2D eigenvalue weighted by atomic mass is 10.1. The first-order chi connectivity index (χ1) is 20.0. The standard InChI is InChI=1S/C32H32FN5O3S/c1-20-13-22(15-30(39)37-24-17-36-38(18-24)32(3,4)5)14-27(33)31(20)41-29-10-12-35-28-9-8-25(16-26(28)29)42(40)19-23-7-6-11-34-21(23)2/h6-14,16-18H,15,19H2,1-5H3,(H,37,39). The van der Waals surface area contributed by atoms with Crippen molar-refractivity contribution >= 4 is 33.3 Å². The zero-order chi connectivity index (χ0) is 30.0. The number of benzene rings is 2. The molecule has 0 fully saturated rings. The minimum absolute atomic E-state index is 0.0114. The van der Waals surface area contributed by atoms with Gasteiger partial charge in [-0.15, -0.1) is 0 Å². The molecule has 0 aliphatic rings. The lowest BCUT2D eigenvalue weighted by molar-refractivity contribution is -0.115.